The Labute approximate surface area is 165 Å². The lowest BCUT2D eigenvalue weighted by Crippen LogP contribution is -2.12. The first-order valence-corrected chi connectivity index (χ1v) is 10.6. The quantitative estimate of drug-likeness (QED) is 0.470. The highest BCUT2D eigenvalue weighted by Gasteiger charge is 2.17. The van der Waals surface area contributed by atoms with Crippen molar-refractivity contribution in [3.05, 3.63) is 71.2 Å². The molecule has 0 saturated heterocycles. The van der Waals surface area contributed by atoms with Crippen LogP contribution in [-0.2, 0) is 16.6 Å². The second kappa shape index (κ2) is 6.25. The van der Waals surface area contributed by atoms with Gasteiger partial charge in [-0.25, -0.2) is 13.2 Å². The Morgan fingerprint density at radius 1 is 1.00 bits per heavy atom. The molecule has 3 aromatic carbocycles. The Balaban J connectivity index is 1.59. The number of aryl methyl sites for hydroxylation is 1. The number of anilines is 1. The average Bonchev–Trinajstić information content (AvgIpc) is 3.23. The maximum absolute atomic E-state index is 12.9. The van der Waals surface area contributed by atoms with E-state index in [1.807, 2.05) is 30.3 Å². The Morgan fingerprint density at radius 2 is 1.79 bits per heavy atom. The standard InChI is InChI=1S/C21H17N3O4S/c1-2-24-18-6-4-3-5-15(18)16-11-13(7-9-19(16)24)23-29(26,27)14-8-10-20-17(12-14)22-21(25)28-20/h3-12,23H,2H2,1H3,(H,22,25). The molecule has 0 saturated carbocycles. The first-order chi connectivity index (χ1) is 14.0. The summed E-state index contributed by atoms with van der Waals surface area (Å²) < 4.78 is 35.5. The number of nitrogens with zero attached hydrogens (tertiary/aromatic N) is 1. The number of benzene rings is 3. The van der Waals surface area contributed by atoms with E-state index in [2.05, 4.69) is 27.3 Å². The summed E-state index contributed by atoms with van der Waals surface area (Å²) in [6, 6.07) is 17.8. The van der Waals surface area contributed by atoms with Crippen molar-refractivity contribution in [3.63, 3.8) is 0 Å². The fourth-order valence-electron chi connectivity index (χ4n) is 3.77. The molecule has 29 heavy (non-hydrogen) atoms. The monoisotopic (exact) mass is 407 g/mol. The number of nitrogens with one attached hydrogen (secondary N) is 2. The molecule has 7 nitrogen and oxygen atoms in total. The molecule has 0 atom stereocenters. The lowest BCUT2D eigenvalue weighted by molar-refractivity contribution is 0.555. The number of hydrogen-bond acceptors (Lipinski definition) is 4. The number of sulfonamides is 1. The second-order valence-corrected chi connectivity index (χ2v) is 8.45. The summed E-state index contributed by atoms with van der Waals surface area (Å²) in [6.45, 7) is 2.90. The third-order valence-corrected chi connectivity index (χ3v) is 6.42. The Bertz CT molecular complexity index is 1560. The van der Waals surface area contributed by atoms with Crippen molar-refractivity contribution < 1.29 is 12.8 Å². The van der Waals surface area contributed by atoms with Crippen LogP contribution in [0.2, 0.25) is 0 Å². The number of rotatable bonds is 4. The van der Waals surface area contributed by atoms with Crippen molar-refractivity contribution in [2.45, 2.75) is 18.4 Å². The number of hydrogen-bond donors (Lipinski definition) is 2. The largest absolute Gasteiger partial charge is 0.417 e. The number of aromatic amines is 1. The van der Waals surface area contributed by atoms with Gasteiger partial charge in [-0.2, -0.15) is 0 Å². The van der Waals surface area contributed by atoms with Crippen molar-refractivity contribution in [3.8, 4) is 0 Å². The smallest absolute Gasteiger partial charge is 0.408 e. The Kier molecular flexibility index (Phi) is 3.78. The van der Waals surface area contributed by atoms with Crippen molar-refractivity contribution >= 4 is 48.6 Å². The number of oxazole rings is 1. The van der Waals surface area contributed by atoms with Gasteiger partial charge in [0, 0.05) is 34.0 Å². The molecule has 0 aliphatic rings. The number of para-hydroxylation sites is 1. The van der Waals surface area contributed by atoms with Crippen LogP contribution in [0, 0.1) is 0 Å². The van der Waals surface area contributed by atoms with Gasteiger partial charge in [0.25, 0.3) is 10.0 Å². The second-order valence-electron chi connectivity index (χ2n) is 6.77. The third-order valence-electron chi connectivity index (χ3n) is 5.04. The maximum Gasteiger partial charge on any atom is 0.417 e. The minimum Gasteiger partial charge on any atom is -0.408 e. The van der Waals surface area contributed by atoms with E-state index in [-0.39, 0.29) is 4.90 Å². The maximum atomic E-state index is 12.9. The summed E-state index contributed by atoms with van der Waals surface area (Å²) in [5, 5.41) is 2.06. The van der Waals surface area contributed by atoms with Crippen LogP contribution in [0.1, 0.15) is 6.92 Å². The summed E-state index contributed by atoms with van der Waals surface area (Å²) in [4.78, 5) is 13.8. The van der Waals surface area contributed by atoms with Crippen LogP contribution >= 0.6 is 0 Å². The summed E-state index contributed by atoms with van der Waals surface area (Å²) >= 11 is 0. The average molecular weight is 407 g/mol. The van der Waals surface area contributed by atoms with Gasteiger partial charge in [-0.3, -0.25) is 9.71 Å². The molecule has 0 fully saturated rings. The van der Waals surface area contributed by atoms with Gasteiger partial charge in [-0.05, 0) is 49.4 Å². The summed E-state index contributed by atoms with van der Waals surface area (Å²) in [7, 11) is -3.84. The van der Waals surface area contributed by atoms with Crippen molar-refractivity contribution in [2.24, 2.45) is 0 Å². The van der Waals surface area contributed by atoms with Crippen LogP contribution in [0.5, 0.6) is 0 Å². The normalized spacial score (nSPS) is 12.2. The first-order valence-electron chi connectivity index (χ1n) is 9.13. The van der Waals surface area contributed by atoms with Gasteiger partial charge in [0.1, 0.15) is 0 Å². The number of aromatic nitrogens is 2. The molecule has 0 aliphatic heterocycles. The molecule has 8 heteroatoms. The van der Waals surface area contributed by atoms with Gasteiger partial charge < -0.3 is 8.98 Å². The van der Waals surface area contributed by atoms with Crippen molar-refractivity contribution in [1.82, 2.24) is 9.55 Å². The topological polar surface area (TPSA) is 97.1 Å². The zero-order valence-electron chi connectivity index (χ0n) is 15.5. The van der Waals surface area contributed by atoms with E-state index in [1.54, 1.807) is 6.07 Å². The Morgan fingerprint density at radius 3 is 2.62 bits per heavy atom. The predicted molar refractivity (Wildman–Crippen MR) is 113 cm³/mol. The summed E-state index contributed by atoms with van der Waals surface area (Å²) in [5.74, 6) is -0.625. The molecule has 2 heterocycles. The highest BCUT2D eigenvalue weighted by atomic mass is 32.2. The lowest BCUT2D eigenvalue weighted by atomic mass is 10.1. The molecule has 5 aromatic rings. The molecule has 0 aliphatic carbocycles. The molecule has 0 unspecified atom stereocenters. The molecule has 146 valence electrons. The van der Waals surface area contributed by atoms with Crippen LogP contribution in [0.3, 0.4) is 0 Å². The molecule has 0 radical (unpaired) electrons. The summed E-state index contributed by atoms with van der Waals surface area (Å²) in [6.07, 6.45) is 0. The van der Waals surface area contributed by atoms with Gasteiger partial charge >= 0.3 is 5.76 Å². The van der Waals surface area contributed by atoms with Crippen LogP contribution in [0.15, 0.2) is 74.8 Å². The van der Waals surface area contributed by atoms with Gasteiger partial charge in [-0.1, -0.05) is 18.2 Å². The van der Waals surface area contributed by atoms with Crippen molar-refractivity contribution in [1.29, 1.82) is 0 Å². The van der Waals surface area contributed by atoms with E-state index >= 15 is 0 Å². The number of fused-ring (bicyclic) bond motifs is 4. The molecule has 2 aromatic heterocycles. The Hall–Kier alpha value is -3.52. The first kappa shape index (κ1) is 17.6. The van der Waals surface area contributed by atoms with Crippen LogP contribution in [-0.4, -0.2) is 18.0 Å². The SMILES string of the molecule is CCn1c2ccccc2c2cc(NS(=O)(=O)c3ccc4oc(=O)[nH]c4c3)ccc21. The van der Waals surface area contributed by atoms with Gasteiger partial charge in [0.05, 0.1) is 10.4 Å². The molecule has 0 amide bonds. The number of H-pyrrole nitrogens is 1. The molecular formula is C21H17N3O4S. The lowest BCUT2D eigenvalue weighted by Gasteiger charge is -2.09. The fraction of sp³-hybridized carbons (Fsp3) is 0.0952. The van der Waals surface area contributed by atoms with E-state index in [9.17, 15) is 13.2 Å². The van der Waals surface area contributed by atoms with E-state index in [4.69, 9.17) is 4.42 Å². The van der Waals surface area contributed by atoms with Gasteiger partial charge in [0.2, 0.25) is 0 Å². The minimum atomic E-state index is -3.84. The van der Waals surface area contributed by atoms with Crippen LogP contribution < -0.4 is 10.5 Å². The van der Waals surface area contributed by atoms with E-state index in [0.717, 1.165) is 28.4 Å². The van der Waals surface area contributed by atoms with Gasteiger partial charge in [0.15, 0.2) is 5.58 Å². The molecule has 0 spiro atoms. The highest BCUT2D eigenvalue weighted by Crippen LogP contribution is 2.31. The predicted octanol–water partition coefficient (Wildman–Crippen LogP) is 4.05. The third kappa shape index (κ3) is 2.80. The zero-order valence-corrected chi connectivity index (χ0v) is 16.3. The highest BCUT2D eigenvalue weighted by molar-refractivity contribution is 7.92. The van der Waals surface area contributed by atoms with Crippen molar-refractivity contribution in [2.75, 3.05) is 4.72 Å². The van der Waals surface area contributed by atoms with Gasteiger partial charge in [-0.15, -0.1) is 0 Å². The van der Waals surface area contributed by atoms with E-state index in [0.29, 0.717) is 16.8 Å². The van der Waals surface area contributed by atoms with E-state index in [1.165, 1.54) is 18.2 Å². The molecule has 2 N–H and O–H groups in total. The minimum absolute atomic E-state index is 0.0399. The fourth-order valence-corrected chi connectivity index (χ4v) is 4.85. The van der Waals surface area contributed by atoms with Crippen LogP contribution in [0.25, 0.3) is 32.9 Å². The summed E-state index contributed by atoms with van der Waals surface area (Å²) in [5.41, 5.74) is 3.27. The molecular weight excluding hydrogens is 390 g/mol. The van der Waals surface area contributed by atoms with Crippen LogP contribution in [0.4, 0.5) is 5.69 Å². The molecule has 5 rings (SSSR count). The zero-order chi connectivity index (χ0) is 20.2. The molecule has 0 bridgehead atoms. The van der Waals surface area contributed by atoms with E-state index < -0.39 is 15.8 Å².